The van der Waals surface area contributed by atoms with Crippen LogP contribution in [0.1, 0.15) is 5.56 Å². The van der Waals surface area contributed by atoms with Gasteiger partial charge in [0, 0.05) is 10.8 Å². The molecule has 0 nitrogen and oxygen atoms in total. The number of benzene rings is 1. The molecule has 0 saturated heterocycles. The molecule has 0 amide bonds. The number of thioether (sulfide) groups is 1. The van der Waals surface area contributed by atoms with Gasteiger partial charge in [-0.2, -0.15) is 11.8 Å². The molecule has 0 spiro atoms. The molecule has 0 saturated carbocycles. The van der Waals surface area contributed by atoms with Crippen molar-refractivity contribution in [3.63, 3.8) is 0 Å². The Labute approximate surface area is 74.8 Å². The molecule has 0 heterocycles. The topological polar surface area (TPSA) is 0 Å². The van der Waals surface area contributed by atoms with Gasteiger partial charge < -0.3 is 0 Å². The molecule has 11 heavy (non-hydrogen) atoms. The lowest BCUT2D eigenvalue weighted by Gasteiger charge is -2.00. The molecule has 0 N–H and O–H groups in total. The summed E-state index contributed by atoms with van der Waals surface area (Å²) in [5.74, 6) is 0.496. The van der Waals surface area contributed by atoms with Crippen molar-refractivity contribution >= 4 is 23.4 Å². The Bertz CT molecular complexity index is 250. The van der Waals surface area contributed by atoms with E-state index in [-0.39, 0.29) is 5.82 Å². The fourth-order valence-corrected chi connectivity index (χ4v) is 1.54. The second-order valence-electron chi connectivity index (χ2n) is 2.17. The van der Waals surface area contributed by atoms with Crippen LogP contribution in [0.3, 0.4) is 0 Å². The van der Waals surface area contributed by atoms with Gasteiger partial charge in [0.25, 0.3) is 0 Å². The SMILES string of the molecule is CSCc1cc(Cl)ccc1F. The molecule has 0 bridgehead atoms. The Balaban J connectivity index is 2.93. The summed E-state index contributed by atoms with van der Waals surface area (Å²) >= 11 is 7.26. The summed E-state index contributed by atoms with van der Waals surface area (Å²) < 4.78 is 12.9. The molecule has 0 radical (unpaired) electrons. The maximum atomic E-state index is 12.9. The average Bonchev–Trinajstić information content (AvgIpc) is 1.98. The molecule has 0 fully saturated rings. The van der Waals surface area contributed by atoms with Gasteiger partial charge in [0.05, 0.1) is 0 Å². The normalized spacial score (nSPS) is 10.1. The quantitative estimate of drug-likeness (QED) is 0.690. The molecule has 0 aliphatic heterocycles. The van der Waals surface area contributed by atoms with Gasteiger partial charge in [0.1, 0.15) is 5.82 Å². The van der Waals surface area contributed by atoms with Gasteiger partial charge in [-0.3, -0.25) is 0 Å². The predicted octanol–water partition coefficient (Wildman–Crippen LogP) is 3.34. The summed E-state index contributed by atoms with van der Waals surface area (Å²) in [6.07, 6.45) is 1.93. The fourth-order valence-electron chi connectivity index (χ4n) is 0.809. The van der Waals surface area contributed by atoms with Crippen LogP contribution < -0.4 is 0 Å². The summed E-state index contributed by atoms with van der Waals surface area (Å²) in [5.41, 5.74) is 0.671. The zero-order valence-electron chi connectivity index (χ0n) is 6.10. The van der Waals surface area contributed by atoms with Crippen molar-refractivity contribution in [1.82, 2.24) is 0 Å². The van der Waals surface area contributed by atoms with Crippen molar-refractivity contribution in [3.8, 4) is 0 Å². The van der Waals surface area contributed by atoms with E-state index < -0.39 is 0 Å². The van der Waals surface area contributed by atoms with Crippen LogP contribution in [0.25, 0.3) is 0 Å². The first kappa shape index (κ1) is 8.88. The molecular weight excluding hydrogens is 183 g/mol. The maximum Gasteiger partial charge on any atom is 0.127 e. The summed E-state index contributed by atoms with van der Waals surface area (Å²) in [5, 5.41) is 0.593. The highest BCUT2D eigenvalue weighted by molar-refractivity contribution is 7.97. The van der Waals surface area contributed by atoms with Gasteiger partial charge in [-0.15, -0.1) is 0 Å². The Morgan fingerprint density at radius 1 is 1.55 bits per heavy atom. The number of hydrogen-bond acceptors (Lipinski definition) is 1. The van der Waals surface area contributed by atoms with Gasteiger partial charge in [-0.1, -0.05) is 11.6 Å². The minimum atomic E-state index is -0.177. The van der Waals surface area contributed by atoms with Gasteiger partial charge in [-0.05, 0) is 30.0 Å². The van der Waals surface area contributed by atoms with E-state index in [2.05, 4.69) is 0 Å². The molecule has 0 atom stereocenters. The maximum absolute atomic E-state index is 12.9. The van der Waals surface area contributed by atoms with E-state index >= 15 is 0 Å². The summed E-state index contributed by atoms with van der Waals surface area (Å²) in [6, 6.07) is 4.61. The Kier molecular flexibility index (Phi) is 3.21. The van der Waals surface area contributed by atoms with Crippen LogP contribution in [0.15, 0.2) is 18.2 Å². The van der Waals surface area contributed by atoms with Crippen LogP contribution in [-0.4, -0.2) is 6.26 Å². The monoisotopic (exact) mass is 190 g/mol. The molecule has 1 aromatic carbocycles. The highest BCUT2D eigenvalue weighted by atomic mass is 35.5. The molecule has 1 aromatic rings. The van der Waals surface area contributed by atoms with Crippen LogP contribution in [0.4, 0.5) is 4.39 Å². The van der Waals surface area contributed by atoms with Gasteiger partial charge >= 0.3 is 0 Å². The first-order chi connectivity index (χ1) is 5.24. The van der Waals surface area contributed by atoms with Crippen LogP contribution in [-0.2, 0) is 5.75 Å². The lowest BCUT2D eigenvalue weighted by atomic mass is 10.2. The van der Waals surface area contributed by atoms with Crippen LogP contribution >= 0.6 is 23.4 Å². The first-order valence-corrected chi connectivity index (χ1v) is 4.94. The summed E-state index contributed by atoms with van der Waals surface area (Å²) in [7, 11) is 0. The largest absolute Gasteiger partial charge is 0.207 e. The second kappa shape index (κ2) is 3.98. The fraction of sp³-hybridized carbons (Fsp3) is 0.250. The van der Waals surface area contributed by atoms with Crippen LogP contribution in [0.2, 0.25) is 5.02 Å². The third kappa shape index (κ3) is 2.38. The third-order valence-corrected chi connectivity index (χ3v) is 2.14. The lowest BCUT2D eigenvalue weighted by Crippen LogP contribution is -1.85. The Morgan fingerprint density at radius 3 is 2.91 bits per heavy atom. The standard InChI is InChI=1S/C8H8ClFS/c1-11-5-6-4-7(9)2-3-8(6)10/h2-4H,5H2,1H3. The minimum Gasteiger partial charge on any atom is -0.207 e. The average molecular weight is 191 g/mol. The predicted molar refractivity (Wildman–Crippen MR) is 48.6 cm³/mol. The number of halogens is 2. The molecule has 0 aromatic heterocycles. The molecule has 0 aliphatic rings. The van der Waals surface area contributed by atoms with Crippen LogP contribution in [0.5, 0.6) is 0 Å². The molecule has 0 aliphatic carbocycles. The number of hydrogen-bond donors (Lipinski definition) is 0. The smallest absolute Gasteiger partial charge is 0.127 e. The van der Waals surface area contributed by atoms with Crippen molar-refractivity contribution in [2.24, 2.45) is 0 Å². The van der Waals surface area contributed by atoms with E-state index in [4.69, 9.17) is 11.6 Å². The Morgan fingerprint density at radius 2 is 2.27 bits per heavy atom. The highest BCUT2D eigenvalue weighted by Crippen LogP contribution is 2.18. The summed E-state index contributed by atoms with van der Waals surface area (Å²) in [4.78, 5) is 0. The van der Waals surface area contributed by atoms with E-state index in [1.54, 1.807) is 23.9 Å². The number of rotatable bonds is 2. The third-order valence-electron chi connectivity index (χ3n) is 1.31. The molecule has 1 rings (SSSR count). The van der Waals surface area contributed by atoms with E-state index in [9.17, 15) is 4.39 Å². The zero-order chi connectivity index (χ0) is 8.27. The minimum absolute atomic E-state index is 0.177. The Hall–Kier alpha value is -0.210. The zero-order valence-corrected chi connectivity index (χ0v) is 7.68. The van der Waals surface area contributed by atoms with Gasteiger partial charge in [-0.25, -0.2) is 4.39 Å². The van der Waals surface area contributed by atoms with Crippen molar-refractivity contribution < 1.29 is 4.39 Å². The van der Waals surface area contributed by atoms with Crippen molar-refractivity contribution in [1.29, 1.82) is 0 Å². The molecular formula is C8H8ClFS. The van der Waals surface area contributed by atoms with E-state index in [0.29, 0.717) is 16.3 Å². The lowest BCUT2D eigenvalue weighted by molar-refractivity contribution is 0.617. The molecule has 3 heteroatoms. The second-order valence-corrected chi connectivity index (χ2v) is 3.47. The van der Waals surface area contributed by atoms with E-state index in [0.717, 1.165) is 0 Å². The van der Waals surface area contributed by atoms with Gasteiger partial charge in [0.2, 0.25) is 0 Å². The van der Waals surface area contributed by atoms with Crippen molar-refractivity contribution in [2.45, 2.75) is 5.75 Å². The molecule has 60 valence electrons. The first-order valence-electron chi connectivity index (χ1n) is 3.17. The van der Waals surface area contributed by atoms with E-state index in [1.807, 2.05) is 6.26 Å². The van der Waals surface area contributed by atoms with Gasteiger partial charge in [0.15, 0.2) is 0 Å². The van der Waals surface area contributed by atoms with Crippen molar-refractivity contribution in [2.75, 3.05) is 6.26 Å². The van der Waals surface area contributed by atoms with Crippen molar-refractivity contribution in [3.05, 3.63) is 34.6 Å². The highest BCUT2D eigenvalue weighted by Gasteiger charge is 2.00. The van der Waals surface area contributed by atoms with Crippen LogP contribution in [0, 0.1) is 5.82 Å². The summed E-state index contributed by atoms with van der Waals surface area (Å²) in [6.45, 7) is 0. The van der Waals surface area contributed by atoms with E-state index in [1.165, 1.54) is 6.07 Å². The molecule has 0 unspecified atom stereocenters.